The molecule has 0 spiro atoms. The Hall–Kier alpha value is -3.76. The van der Waals surface area contributed by atoms with Crippen molar-refractivity contribution >= 4 is 21.6 Å². The average Bonchev–Trinajstić information content (AvgIpc) is 3.41. The van der Waals surface area contributed by atoms with Crippen molar-refractivity contribution < 1.29 is 27.4 Å². The summed E-state index contributed by atoms with van der Waals surface area (Å²) >= 11 is 0. The monoisotopic (exact) mass is 535 g/mol. The molecule has 0 aliphatic carbocycles. The molecule has 0 radical (unpaired) electrons. The first-order valence-corrected chi connectivity index (χ1v) is 14.3. The van der Waals surface area contributed by atoms with Crippen molar-refractivity contribution in [1.82, 2.24) is 9.80 Å². The van der Waals surface area contributed by atoms with Crippen LogP contribution in [0.5, 0.6) is 17.2 Å². The van der Waals surface area contributed by atoms with Gasteiger partial charge in [0.05, 0.1) is 18.0 Å². The molecule has 198 valence electrons. The molecule has 1 saturated heterocycles. The SMILES string of the molecule is O=C([C@H]1CN(S(=O)(=O)Cc2ccccc2)c2ccccc2O1)N1CCN(Cc2ccc3c(c2)OCO3)CC1. The normalized spacial score (nSPS) is 19.1. The molecule has 9 nitrogen and oxygen atoms in total. The highest BCUT2D eigenvalue weighted by atomic mass is 32.2. The van der Waals surface area contributed by atoms with Gasteiger partial charge in [0.25, 0.3) is 5.91 Å². The second-order valence-corrected chi connectivity index (χ2v) is 11.5. The van der Waals surface area contributed by atoms with E-state index in [-0.39, 0.29) is 25.0 Å². The van der Waals surface area contributed by atoms with E-state index >= 15 is 0 Å². The smallest absolute Gasteiger partial charge is 0.265 e. The number of carbonyl (C=O) groups excluding carboxylic acids is 1. The predicted octanol–water partition coefficient (Wildman–Crippen LogP) is 2.86. The Morgan fingerprint density at radius 1 is 0.816 bits per heavy atom. The van der Waals surface area contributed by atoms with Crippen molar-refractivity contribution in [2.24, 2.45) is 0 Å². The van der Waals surface area contributed by atoms with E-state index in [0.717, 1.165) is 23.6 Å². The number of anilines is 1. The number of nitrogens with zero attached hydrogens (tertiary/aromatic N) is 3. The van der Waals surface area contributed by atoms with Crippen molar-refractivity contribution in [1.29, 1.82) is 0 Å². The summed E-state index contributed by atoms with van der Waals surface area (Å²) in [4.78, 5) is 17.6. The number of ether oxygens (including phenoxy) is 3. The highest BCUT2D eigenvalue weighted by Crippen LogP contribution is 2.36. The quantitative estimate of drug-likeness (QED) is 0.480. The molecule has 10 heteroatoms. The summed E-state index contributed by atoms with van der Waals surface area (Å²) in [6, 6.07) is 22.0. The molecule has 3 aliphatic rings. The Bertz CT molecular complexity index is 1420. The summed E-state index contributed by atoms with van der Waals surface area (Å²) < 4.78 is 45.2. The van der Waals surface area contributed by atoms with E-state index in [2.05, 4.69) is 4.90 Å². The minimum absolute atomic E-state index is 0.0532. The number of rotatable bonds is 6. The summed E-state index contributed by atoms with van der Waals surface area (Å²) in [6.45, 7) is 3.44. The Morgan fingerprint density at radius 2 is 1.55 bits per heavy atom. The van der Waals surface area contributed by atoms with Gasteiger partial charge in [0.1, 0.15) is 5.75 Å². The van der Waals surface area contributed by atoms with Crippen LogP contribution in [0.15, 0.2) is 72.8 Å². The highest BCUT2D eigenvalue weighted by Gasteiger charge is 2.39. The minimum atomic E-state index is -3.74. The number of piperazine rings is 1. The second-order valence-electron chi connectivity index (χ2n) is 9.64. The van der Waals surface area contributed by atoms with Crippen LogP contribution in [0.2, 0.25) is 0 Å². The maximum absolute atomic E-state index is 13.5. The topological polar surface area (TPSA) is 88.6 Å². The van der Waals surface area contributed by atoms with Gasteiger partial charge in [-0.3, -0.25) is 14.0 Å². The molecule has 3 aromatic carbocycles. The first-order chi connectivity index (χ1) is 18.5. The van der Waals surface area contributed by atoms with Gasteiger partial charge in [-0.25, -0.2) is 8.42 Å². The fourth-order valence-electron chi connectivity index (χ4n) is 5.08. The summed E-state index contributed by atoms with van der Waals surface area (Å²) in [5, 5.41) is 0. The summed E-state index contributed by atoms with van der Waals surface area (Å²) in [6.07, 6.45) is -0.907. The van der Waals surface area contributed by atoms with E-state index in [1.807, 2.05) is 36.4 Å². The van der Waals surface area contributed by atoms with Crippen molar-refractivity contribution in [3.05, 3.63) is 83.9 Å². The van der Waals surface area contributed by atoms with Crippen LogP contribution < -0.4 is 18.5 Å². The molecule has 0 bridgehead atoms. The van der Waals surface area contributed by atoms with Gasteiger partial charge in [-0.05, 0) is 35.4 Å². The minimum Gasteiger partial charge on any atom is -0.476 e. The standard InChI is InChI=1S/C28H29N3O6S/c32-28(30-14-12-29(13-15-30)17-22-10-11-25-26(16-22)36-20-35-25)27-18-31(23-8-4-5-9-24(23)37-27)38(33,34)19-21-6-2-1-3-7-21/h1-11,16,27H,12-15,17-20H2/t27-/m1/s1. The maximum atomic E-state index is 13.5. The van der Waals surface area contributed by atoms with Gasteiger partial charge in [0.15, 0.2) is 17.6 Å². The van der Waals surface area contributed by atoms with E-state index in [9.17, 15) is 13.2 Å². The molecule has 3 aromatic rings. The molecule has 3 heterocycles. The van der Waals surface area contributed by atoms with Crippen LogP contribution in [0, 0.1) is 0 Å². The molecule has 3 aliphatic heterocycles. The number of fused-ring (bicyclic) bond motifs is 2. The first kappa shape index (κ1) is 24.6. The van der Waals surface area contributed by atoms with Crippen LogP contribution in [0.25, 0.3) is 0 Å². The Balaban J connectivity index is 1.12. The average molecular weight is 536 g/mol. The van der Waals surface area contributed by atoms with Gasteiger partial charge in [-0.1, -0.05) is 48.5 Å². The largest absolute Gasteiger partial charge is 0.476 e. The predicted molar refractivity (Wildman–Crippen MR) is 142 cm³/mol. The highest BCUT2D eigenvalue weighted by molar-refractivity contribution is 7.92. The third kappa shape index (κ3) is 5.01. The molecule has 38 heavy (non-hydrogen) atoms. The van der Waals surface area contributed by atoms with Crippen molar-refractivity contribution in [2.45, 2.75) is 18.4 Å². The van der Waals surface area contributed by atoms with Gasteiger partial charge in [0, 0.05) is 32.7 Å². The van der Waals surface area contributed by atoms with E-state index in [0.29, 0.717) is 43.2 Å². The van der Waals surface area contributed by atoms with E-state index in [1.54, 1.807) is 41.3 Å². The molecule has 1 atom stereocenters. The third-order valence-corrected chi connectivity index (χ3v) is 8.78. The fraction of sp³-hybridized carbons (Fsp3) is 0.321. The van der Waals surface area contributed by atoms with Gasteiger partial charge in [-0.2, -0.15) is 0 Å². The van der Waals surface area contributed by atoms with Gasteiger partial charge in [0.2, 0.25) is 16.8 Å². The maximum Gasteiger partial charge on any atom is 0.265 e. The lowest BCUT2D eigenvalue weighted by molar-refractivity contribution is -0.140. The van der Waals surface area contributed by atoms with Crippen LogP contribution in [0.4, 0.5) is 5.69 Å². The fourth-order valence-corrected chi connectivity index (χ4v) is 6.67. The lowest BCUT2D eigenvalue weighted by Gasteiger charge is -2.39. The first-order valence-electron chi connectivity index (χ1n) is 12.7. The molecule has 1 amide bonds. The molecule has 0 unspecified atom stereocenters. The lowest BCUT2D eigenvalue weighted by atomic mass is 10.1. The van der Waals surface area contributed by atoms with Crippen LogP contribution >= 0.6 is 0 Å². The molecule has 0 aromatic heterocycles. The zero-order chi connectivity index (χ0) is 26.1. The van der Waals surface area contributed by atoms with Crippen LogP contribution in [0.3, 0.4) is 0 Å². The number of para-hydroxylation sites is 2. The Morgan fingerprint density at radius 3 is 2.37 bits per heavy atom. The van der Waals surface area contributed by atoms with Crippen molar-refractivity contribution in [3.63, 3.8) is 0 Å². The Kier molecular flexibility index (Phi) is 6.59. The summed E-state index contributed by atoms with van der Waals surface area (Å²) in [5.41, 5.74) is 2.28. The van der Waals surface area contributed by atoms with E-state index in [4.69, 9.17) is 14.2 Å². The van der Waals surface area contributed by atoms with Gasteiger partial charge >= 0.3 is 0 Å². The molecule has 0 N–H and O–H groups in total. The summed E-state index contributed by atoms with van der Waals surface area (Å²) in [5.74, 6) is 1.58. The molecule has 1 fully saturated rings. The van der Waals surface area contributed by atoms with E-state index < -0.39 is 16.1 Å². The number of sulfonamides is 1. The lowest BCUT2D eigenvalue weighted by Crippen LogP contribution is -2.56. The molecule has 0 saturated carbocycles. The van der Waals surface area contributed by atoms with Gasteiger partial charge < -0.3 is 19.1 Å². The number of amides is 1. The number of benzene rings is 3. The number of hydrogen-bond donors (Lipinski definition) is 0. The van der Waals surface area contributed by atoms with Crippen LogP contribution in [-0.4, -0.2) is 69.7 Å². The van der Waals surface area contributed by atoms with Gasteiger partial charge in [-0.15, -0.1) is 0 Å². The van der Waals surface area contributed by atoms with E-state index in [1.165, 1.54) is 4.31 Å². The Labute approximate surface area is 222 Å². The zero-order valence-electron chi connectivity index (χ0n) is 20.9. The zero-order valence-corrected chi connectivity index (χ0v) is 21.7. The molecular weight excluding hydrogens is 506 g/mol. The number of carbonyl (C=O) groups is 1. The molecule has 6 rings (SSSR count). The summed E-state index contributed by atoms with van der Waals surface area (Å²) in [7, 11) is -3.74. The van der Waals surface area contributed by atoms with Crippen LogP contribution in [-0.2, 0) is 27.1 Å². The second kappa shape index (κ2) is 10.2. The molecular formula is C28H29N3O6S. The van der Waals surface area contributed by atoms with Crippen molar-refractivity contribution in [3.8, 4) is 17.2 Å². The number of hydrogen-bond acceptors (Lipinski definition) is 7. The van der Waals surface area contributed by atoms with Crippen molar-refractivity contribution in [2.75, 3.05) is 43.8 Å². The van der Waals surface area contributed by atoms with Crippen LogP contribution in [0.1, 0.15) is 11.1 Å². The third-order valence-electron chi connectivity index (χ3n) is 7.07.